The highest BCUT2D eigenvalue weighted by molar-refractivity contribution is 5.19. The fourth-order valence-electron chi connectivity index (χ4n) is 1.62. The van der Waals surface area contributed by atoms with Crippen LogP contribution in [-0.2, 0) is 16.0 Å². The molecule has 1 saturated heterocycles. The minimum atomic E-state index is -0.264. The first-order valence-electron chi connectivity index (χ1n) is 4.53. The summed E-state index contributed by atoms with van der Waals surface area (Å²) in [4.78, 5) is 0. The maximum atomic E-state index is 5.47. The number of aromatic nitrogens is 3. The Morgan fingerprint density at radius 1 is 1.79 bits per heavy atom. The van der Waals surface area contributed by atoms with Gasteiger partial charge in [-0.2, -0.15) is 0 Å². The SMILES string of the molecule is COC1(Cn2cc(N)nn2)CCOC1. The second kappa shape index (κ2) is 3.55. The van der Waals surface area contributed by atoms with Crippen LogP contribution < -0.4 is 5.73 Å². The van der Waals surface area contributed by atoms with E-state index in [0.717, 1.165) is 13.0 Å². The molecule has 0 aliphatic carbocycles. The van der Waals surface area contributed by atoms with Crippen molar-refractivity contribution in [1.29, 1.82) is 0 Å². The Hall–Kier alpha value is -1.14. The van der Waals surface area contributed by atoms with E-state index in [0.29, 0.717) is 19.0 Å². The topological polar surface area (TPSA) is 75.2 Å². The fourth-order valence-corrected chi connectivity index (χ4v) is 1.62. The highest BCUT2D eigenvalue weighted by atomic mass is 16.5. The summed E-state index contributed by atoms with van der Waals surface area (Å²) in [5.74, 6) is 0.426. The van der Waals surface area contributed by atoms with Crippen LogP contribution in [0.15, 0.2) is 6.20 Å². The largest absolute Gasteiger partial charge is 0.381 e. The van der Waals surface area contributed by atoms with Crippen molar-refractivity contribution in [3.8, 4) is 0 Å². The normalized spacial score (nSPS) is 26.9. The molecule has 2 N–H and O–H groups in total. The highest BCUT2D eigenvalue weighted by Gasteiger charge is 2.35. The van der Waals surface area contributed by atoms with Gasteiger partial charge in [-0.15, -0.1) is 5.10 Å². The van der Waals surface area contributed by atoms with Crippen molar-refractivity contribution in [2.45, 2.75) is 18.6 Å². The van der Waals surface area contributed by atoms with Crippen molar-refractivity contribution in [3.63, 3.8) is 0 Å². The van der Waals surface area contributed by atoms with Crippen LogP contribution in [0, 0.1) is 0 Å². The number of ether oxygens (including phenoxy) is 2. The molecule has 6 heteroatoms. The molecule has 1 fully saturated rings. The summed E-state index contributed by atoms with van der Waals surface area (Å²) in [5, 5.41) is 7.60. The van der Waals surface area contributed by atoms with Crippen molar-refractivity contribution < 1.29 is 9.47 Å². The molecule has 0 saturated carbocycles. The number of hydrogen-bond acceptors (Lipinski definition) is 5. The molecule has 0 bridgehead atoms. The van der Waals surface area contributed by atoms with Crippen LogP contribution >= 0.6 is 0 Å². The van der Waals surface area contributed by atoms with Gasteiger partial charge in [0.25, 0.3) is 0 Å². The van der Waals surface area contributed by atoms with Crippen LogP contribution in [0.2, 0.25) is 0 Å². The average molecular weight is 198 g/mol. The van der Waals surface area contributed by atoms with E-state index in [1.54, 1.807) is 18.0 Å². The molecule has 1 unspecified atom stereocenters. The molecule has 1 aliphatic heterocycles. The maximum absolute atomic E-state index is 5.47. The van der Waals surface area contributed by atoms with Gasteiger partial charge in [0, 0.05) is 20.1 Å². The summed E-state index contributed by atoms with van der Waals surface area (Å²) in [7, 11) is 1.69. The van der Waals surface area contributed by atoms with E-state index in [4.69, 9.17) is 15.2 Å². The lowest BCUT2D eigenvalue weighted by atomic mass is 10.0. The summed E-state index contributed by atoms with van der Waals surface area (Å²) >= 11 is 0. The Balaban J connectivity index is 2.08. The maximum Gasteiger partial charge on any atom is 0.165 e. The summed E-state index contributed by atoms with van der Waals surface area (Å²) in [6.45, 7) is 1.97. The van der Waals surface area contributed by atoms with Gasteiger partial charge in [0.05, 0.1) is 19.3 Å². The summed E-state index contributed by atoms with van der Waals surface area (Å²) in [6, 6.07) is 0. The van der Waals surface area contributed by atoms with Gasteiger partial charge in [-0.05, 0) is 0 Å². The zero-order chi connectivity index (χ0) is 10.0. The van der Waals surface area contributed by atoms with E-state index in [1.807, 2.05) is 0 Å². The number of anilines is 1. The Kier molecular flexibility index (Phi) is 2.39. The van der Waals surface area contributed by atoms with Crippen LogP contribution in [0.25, 0.3) is 0 Å². The second-order valence-electron chi connectivity index (χ2n) is 3.53. The van der Waals surface area contributed by atoms with E-state index >= 15 is 0 Å². The molecule has 1 atom stereocenters. The van der Waals surface area contributed by atoms with E-state index in [9.17, 15) is 0 Å². The van der Waals surface area contributed by atoms with Crippen molar-refractivity contribution in [3.05, 3.63) is 6.20 Å². The Morgan fingerprint density at radius 3 is 3.14 bits per heavy atom. The first-order valence-corrected chi connectivity index (χ1v) is 4.53. The quantitative estimate of drug-likeness (QED) is 0.719. The standard InChI is InChI=1S/C8H14N4O2/c1-13-8(2-3-14-6-8)5-12-4-7(9)10-11-12/h4H,2-3,5-6,9H2,1H3. The predicted octanol–water partition coefficient (Wildman–Crippen LogP) is -0.334. The van der Waals surface area contributed by atoms with Crippen LogP contribution in [-0.4, -0.2) is 40.9 Å². The molecular weight excluding hydrogens is 184 g/mol. The molecule has 78 valence electrons. The summed E-state index contributed by atoms with van der Waals surface area (Å²) in [5.41, 5.74) is 5.21. The van der Waals surface area contributed by atoms with Gasteiger partial charge in [0.1, 0.15) is 5.60 Å². The number of rotatable bonds is 3. The highest BCUT2D eigenvalue weighted by Crippen LogP contribution is 2.24. The number of nitrogens with zero attached hydrogens (tertiary/aromatic N) is 3. The van der Waals surface area contributed by atoms with E-state index in [-0.39, 0.29) is 5.60 Å². The first-order chi connectivity index (χ1) is 6.74. The van der Waals surface area contributed by atoms with Gasteiger partial charge in [-0.25, -0.2) is 4.68 Å². The third-order valence-corrected chi connectivity index (χ3v) is 2.51. The lowest BCUT2D eigenvalue weighted by molar-refractivity contribution is -0.0321. The number of hydrogen-bond donors (Lipinski definition) is 1. The zero-order valence-corrected chi connectivity index (χ0v) is 8.14. The van der Waals surface area contributed by atoms with Crippen molar-refractivity contribution in [2.75, 3.05) is 26.1 Å². The van der Waals surface area contributed by atoms with Crippen LogP contribution in [0.3, 0.4) is 0 Å². The fraction of sp³-hybridized carbons (Fsp3) is 0.750. The number of nitrogens with two attached hydrogens (primary N) is 1. The third-order valence-electron chi connectivity index (χ3n) is 2.51. The van der Waals surface area contributed by atoms with Crippen LogP contribution in [0.1, 0.15) is 6.42 Å². The van der Waals surface area contributed by atoms with Gasteiger partial charge in [0.15, 0.2) is 5.82 Å². The second-order valence-corrected chi connectivity index (χ2v) is 3.53. The Labute approximate surface area is 82.0 Å². The zero-order valence-electron chi connectivity index (χ0n) is 8.14. The van der Waals surface area contributed by atoms with Gasteiger partial charge >= 0.3 is 0 Å². The molecule has 1 aromatic rings. The van der Waals surface area contributed by atoms with E-state index < -0.39 is 0 Å². The molecular formula is C8H14N4O2. The average Bonchev–Trinajstić information content (AvgIpc) is 2.77. The van der Waals surface area contributed by atoms with Crippen LogP contribution in [0.5, 0.6) is 0 Å². The molecule has 0 amide bonds. The van der Waals surface area contributed by atoms with Crippen LogP contribution in [0.4, 0.5) is 5.82 Å². The molecule has 2 rings (SSSR count). The molecule has 6 nitrogen and oxygen atoms in total. The molecule has 2 heterocycles. The third kappa shape index (κ3) is 1.71. The molecule has 14 heavy (non-hydrogen) atoms. The molecule has 1 aromatic heterocycles. The monoisotopic (exact) mass is 198 g/mol. The van der Waals surface area contributed by atoms with Crippen molar-refractivity contribution in [1.82, 2.24) is 15.0 Å². The summed E-state index contributed by atoms with van der Waals surface area (Å²) < 4.78 is 12.5. The van der Waals surface area contributed by atoms with Gasteiger partial charge in [-0.3, -0.25) is 0 Å². The molecule has 1 aliphatic rings. The first kappa shape index (κ1) is 9.42. The molecule has 0 aromatic carbocycles. The minimum absolute atomic E-state index is 0.264. The lowest BCUT2D eigenvalue weighted by Crippen LogP contribution is -2.37. The number of nitrogen functional groups attached to an aromatic ring is 1. The van der Waals surface area contributed by atoms with Crippen molar-refractivity contribution in [2.24, 2.45) is 0 Å². The van der Waals surface area contributed by atoms with E-state index in [2.05, 4.69) is 10.3 Å². The Morgan fingerprint density at radius 2 is 2.64 bits per heavy atom. The lowest BCUT2D eigenvalue weighted by Gasteiger charge is -2.24. The Bertz CT molecular complexity index is 306. The minimum Gasteiger partial charge on any atom is -0.381 e. The summed E-state index contributed by atoms with van der Waals surface area (Å²) in [6.07, 6.45) is 2.57. The number of methoxy groups -OCH3 is 1. The van der Waals surface area contributed by atoms with Gasteiger partial charge in [-0.1, -0.05) is 5.21 Å². The van der Waals surface area contributed by atoms with E-state index in [1.165, 1.54) is 0 Å². The smallest absolute Gasteiger partial charge is 0.165 e. The molecule has 0 radical (unpaired) electrons. The van der Waals surface area contributed by atoms with Gasteiger partial charge in [0.2, 0.25) is 0 Å². The molecule has 0 spiro atoms. The van der Waals surface area contributed by atoms with Crippen molar-refractivity contribution >= 4 is 5.82 Å². The predicted molar refractivity (Wildman–Crippen MR) is 49.6 cm³/mol. The van der Waals surface area contributed by atoms with Gasteiger partial charge < -0.3 is 15.2 Å².